The maximum atomic E-state index is 11.5. The quantitative estimate of drug-likeness (QED) is 0.393. The Morgan fingerprint density at radius 2 is 1.83 bits per heavy atom. The van der Waals surface area contributed by atoms with Crippen molar-refractivity contribution in [2.24, 2.45) is 0 Å². The number of carboxylic acid groups (broad SMARTS) is 1. The summed E-state index contributed by atoms with van der Waals surface area (Å²) in [7, 11) is 0. The molecule has 0 heterocycles. The topological polar surface area (TPSA) is 136 Å². The highest BCUT2D eigenvalue weighted by Crippen LogP contribution is 2.12. The van der Waals surface area contributed by atoms with Gasteiger partial charge in [-0.3, -0.25) is 24.5 Å². The summed E-state index contributed by atoms with van der Waals surface area (Å²) >= 11 is 0. The van der Waals surface area contributed by atoms with Gasteiger partial charge in [0, 0.05) is 25.0 Å². The molecule has 9 heteroatoms. The molecule has 0 unspecified atom stereocenters. The van der Waals surface area contributed by atoms with Crippen molar-refractivity contribution in [2.75, 3.05) is 6.54 Å². The first kappa shape index (κ1) is 18.1. The number of aliphatic carboxylic acids is 1. The summed E-state index contributed by atoms with van der Waals surface area (Å²) in [6.07, 6.45) is 0.290. The first-order chi connectivity index (χ1) is 10.9. The number of benzene rings is 1. The van der Waals surface area contributed by atoms with Crippen molar-refractivity contribution >= 4 is 23.5 Å². The molecule has 0 aliphatic carbocycles. The number of esters is 1. The summed E-state index contributed by atoms with van der Waals surface area (Å²) in [4.78, 5) is 42.9. The molecule has 1 aromatic rings. The first-order valence-corrected chi connectivity index (χ1v) is 6.76. The van der Waals surface area contributed by atoms with Crippen molar-refractivity contribution in [3.63, 3.8) is 0 Å². The van der Waals surface area contributed by atoms with Crippen molar-refractivity contribution in [2.45, 2.75) is 25.9 Å². The molecule has 9 nitrogen and oxygen atoms in total. The van der Waals surface area contributed by atoms with Crippen LogP contribution in [-0.4, -0.2) is 34.4 Å². The highest BCUT2D eigenvalue weighted by atomic mass is 16.6. The summed E-state index contributed by atoms with van der Waals surface area (Å²) in [6.45, 7) is -0.467. The number of nitro benzene ring substituents is 1. The van der Waals surface area contributed by atoms with Crippen LogP contribution in [0.3, 0.4) is 0 Å². The summed E-state index contributed by atoms with van der Waals surface area (Å²) in [5, 5.41) is 21.0. The average Bonchev–Trinajstić information content (AvgIpc) is 2.51. The fourth-order valence-corrected chi connectivity index (χ4v) is 1.61. The number of rotatable bonds is 9. The normalized spacial score (nSPS) is 9.91. The maximum Gasteiger partial charge on any atom is 0.322 e. The lowest BCUT2D eigenvalue weighted by atomic mass is 10.2. The van der Waals surface area contributed by atoms with Crippen molar-refractivity contribution < 1.29 is 29.2 Å². The second-order valence-electron chi connectivity index (χ2n) is 4.61. The number of carbonyl (C=O) groups is 3. The Kier molecular flexibility index (Phi) is 7.18. The van der Waals surface area contributed by atoms with Crippen molar-refractivity contribution in [1.82, 2.24) is 5.32 Å². The third kappa shape index (κ3) is 7.55. The number of nitrogens with zero attached hydrogens (tertiary/aromatic N) is 1. The second-order valence-corrected chi connectivity index (χ2v) is 4.61. The third-order valence-electron chi connectivity index (χ3n) is 2.77. The van der Waals surface area contributed by atoms with Crippen molar-refractivity contribution in [1.29, 1.82) is 0 Å². The lowest BCUT2D eigenvalue weighted by molar-refractivity contribution is -0.384. The molecule has 0 aliphatic rings. The molecule has 23 heavy (non-hydrogen) atoms. The van der Waals surface area contributed by atoms with Crippen LogP contribution in [0.1, 0.15) is 24.8 Å². The molecule has 2 N–H and O–H groups in total. The van der Waals surface area contributed by atoms with Crippen LogP contribution in [0.5, 0.6) is 0 Å². The van der Waals surface area contributed by atoms with E-state index in [1.54, 1.807) is 0 Å². The van der Waals surface area contributed by atoms with Crippen LogP contribution in [-0.2, 0) is 25.7 Å². The molecule has 0 bridgehead atoms. The highest BCUT2D eigenvalue weighted by Gasteiger charge is 2.09. The Balaban J connectivity index is 2.22. The van der Waals surface area contributed by atoms with E-state index in [1.165, 1.54) is 24.3 Å². The average molecular weight is 324 g/mol. The van der Waals surface area contributed by atoms with Crippen molar-refractivity contribution in [3.05, 3.63) is 39.9 Å². The van der Waals surface area contributed by atoms with E-state index in [4.69, 9.17) is 9.84 Å². The number of ether oxygens (including phenoxy) is 1. The van der Waals surface area contributed by atoms with Gasteiger partial charge in [-0.25, -0.2) is 0 Å². The van der Waals surface area contributed by atoms with Gasteiger partial charge in [-0.2, -0.15) is 0 Å². The van der Waals surface area contributed by atoms with E-state index in [1.807, 2.05) is 0 Å². The minimum atomic E-state index is -1.14. The summed E-state index contributed by atoms with van der Waals surface area (Å²) < 4.78 is 4.97. The minimum absolute atomic E-state index is 0.0119. The highest BCUT2D eigenvalue weighted by molar-refractivity contribution is 5.81. The SMILES string of the molecule is O=C(O)CNC(=O)CCCC(=O)OCc1ccc([N+](=O)[O-])cc1. The summed E-state index contributed by atoms with van der Waals surface area (Å²) in [5.74, 6) is -2.09. The van der Waals surface area contributed by atoms with E-state index in [0.29, 0.717) is 5.56 Å². The fourth-order valence-electron chi connectivity index (χ4n) is 1.61. The molecule has 124 valence electrons. The van der Waals surface area contributed by atoms with E-state index in [9.17, 15) is 24.5 Å². The number of carboxylic acids is 1. The number of carbonyl (C=O) groups excluding carboxylic acids is 2. The molecule has 0 aliphatic heterocycles. The lowest BCUT2D eigenvalue weighted by Gasteiger charge is -2.05. The van der Waals surface area contributed by atoms with Gasteiger partial charge in [0.2, 0.25) is 5.91 Å². The van der Waals surface area contributed by atoms with E-state index in [0.717, 1.165) is 0 Å². The van der Waals surface area contributed by atoms with Crippen LogP contribution in [0.4, 0.5) is 5.69 Å². The Bertz CT molecular complexity index is 583. The molecular weight excluding hydrogens is 308 g/mol. The summed E-state index contributed by atoms with van der Waals surface area (Å²) in [6, 6.07) is 5.61. The Labute approximate surface area is 131 Å². The number of non-ortho nitro benzene ring substituents is 1. The number of hydrogen-bond donors (Lipinski definition) is 2. The lowest BCUT2D eigenvalue weighted by Crippen LogP contribution is -2.29. The van der Waals surface area contributed by atoms with E-state index in [-0.39, 0.29) is 31.6 Å². The molecule has 0 radical (unpaired) electrons. The van der Waals surface area contributed by atoms with Crippen LogP contribution in [0.2, 0.25) is 0 Å². The number of nitro groups is 1. The molecule has 0 fully saturated rings. The van der Waals surface area contributed by atoms with Gasteiger partial charge in [-0.05, 0) is 24.1 Å². The minimum Gasteiger partial charge on any atom is -0.480 e. The number of amides is 1. The van der Waals surface area contributed by atoms with Gasteiger partial charge >= 0.3 is 11.9 Å². The molecule has 0 atom stereocenters. The Hall–Kier alpha value is -2.97. The molecule has 0 saturated carbocycles. The number of nitrogens with one attached hydrogen (secondary N) is 1. The largest absolute Gasteiger partial charge is 0.480 e. The molecule has 1 aromatic carbocycles. The molecule has 0 saturated heterocycles. The van der Waals surface area contributed by atoms with Crippen molar-refractivity contribution in [3.8, 4) is 0 Å². The van der Waals surface area contributed by atoms with Gasteiger partial charge in [-0.1, -0.05) is 0 Å². The van der Waals surface area contributed by atoms with Gasteiger partial charge in [0.1, 0.15) is 13.2 Å². The van der Waals surface area contributed by atoms with Crippen LogP contribution in [0.15, 0.2) is 24.3 Å². The van der Waals surface area contributed by atoms with Gasteiger partial charge in [0.15, 0.2) is 0 Å². The Morgan fingerprint density at radius 1 is 1.17 bits per heavy atom. The smallest absolute Gasteiger partial charge is 0.322 e. The van der Waals surface area contributed by atoms with Gasteiger partial charge < -0.3 is 15.2 Å². The zero-order valence-electron chi connectivity index (χ0n) is 12.2. The van der Waals surface area contributed by atoms with Gasteiger partial charge in [0.05, 0.1) is 4.92 Å². The monoisotopic (exact) mass is 324 g/mol. The zero-order valence-corrected chi connectivity index (χ0v) is 12.2. The fraction of sp³-hybridized carbons (Fsp3) is 0.357. The standard InChI is InChI=1S/C14H16N2O7/c17-12(15-8-13(18)19)2-1-3-14(20)23-9-10-4-6-11(7-5-10)16(21)22/h4-7H,1-3,8-9H2,(H,15,17)(H,18,19). The predicted molar refractivity (Wildman–Crippen MR) is 77.4 cm³/mol. The first-order valence-electron chi connectivity index (χ1n) is 6.76. The zero-order chi connectivity index (χ0) is 17.2. The number of hydrogen-bond acceptors (Lipinski definition) is 6. The van der Waals surface area contributed by atoms with E-state index < -0.39 is 29.3 Å². The molecule has 0 aromatic heterocycles. The van der Waals surface area contributed by atoms with Crippen LogP contribution < -0.4 is 5.32 Å². The molecule has 1 amide bonds. The maximum absolute atomic E-state index is 11.5. The van der Waals surface area contributed by atoms with E-state index >= 15 is 0 Å². The van der Waals surface area contributed by atoms with Crippen LogP contribution >= 0.6 is 0 Å². The third-order valence-corrected chi connectivity index (χ3v) is 2.77. The second kappa shape index (κ2) is 9.13. The molecular formula is C14H16N2O7. The van der Waals surface area contributed by atoms with Crippen LogP contribution in [0.25, 0.3) is 0 Å². The predicted octanol–water partition coefficient (Wildman–Crippen LogP) is 1.01. The summed E-state index contributed by atoms with van der Waals surface area (Å²) in [5.41, 5.74) is 0.565. The molecule has 1 rings (SSSR count). The van der Waals surface area contributed by atoms with Gasteiger partial charge in [0.25, 0.3) is 5.69 Å². The molecule has 0 spiro atoms. The van der Waals surface area contributed by atoms with E-state index in [2.05, 4.69) is 5.32 Å². The Morgan fingerprint density at radius 3 is 2.39 bits per heavy atom. The van der Waals surface area contributed by atoms with Gasteiger partial charge in [-0.15, -0.1) is 0 Å². The van der Waals surface area contributed by atoms with Crippen LogP contribution in [0, 0.1) is 10.1 Å².